The molecule has 70 valence electrons. The Morgan fingerprint density at radius 3 is 1.75 bits per heavy atom. The van der Waals surface area contributed by atoms with Crippen LogP contribution in [-0.4, -0.2) is 58.2 Å². The summed E-state index contributed by atoms with van der Waals surface area (Å²) in [4.78, 5) is 11.9. The van der Waals surface area contributed by atoms with E-state index in [1.807, 2.05) is 0 Å². The summed E-state index contributed by atoms with van der Waals surface area (Å²) in [6.07, 6.45) is 0. The summed E-state index contributed by atoms with van der Waals surface area (Å²) in [5.74, 6) is 0. The number of hydrogen-bond donors (Lipinski definition) is 1. The molecule has 12 heavy (non-hydrogen) atoms. The van der Waals surface area contributed by atoms with Crippen molar-refractivity contribution in [1.82, 2.24) is 4.90 Å². The molecule has 2 bridgehead atoms. The van der Waals surface area contributed by atoms with Gasteiger partial charge in [-0.15, -0.1) is 0 Å². The van der Waals surface area contributed by atoms with Crippen molar-refractivity contribution in [2.45, 2.75) is 0 Å². The summed E-state index contributed by atoms with van der Waals surface area (Å²) < 4.78 is 15.4. The van der Waals surface area contributed by atoms with Crippen LogP contribution < -0.4 is 0 Å². The van der Waals surface area contributed by atoms with Crippen LogP contribution in [0.2, 0.25) is 0 Å². The van der Waals surface area contributed by atoms with Gasteiger partial charge >= 0.3 is 9.05 Å². The highest BCUT2D eigenvalue weighted by Crippen LogP contribution is 2.11. The fraction of sp³-hybridized carbons (Fsp3) is 1.00. The van der Waals surface area contributed by atoms with Crippen molar-refractivity contribution in [2.24, 2.45) is 0 Å². The van der Waals surface area contributed by atoms with Crippen molar-refractivity contribution in [3.05, 3.63) is 0 Å². The predicted octanol–water partition coefficient (Wildman–Crippen LogP) is -1.21. The van der Waals surface area contributed by atoms with E-state index in [2.05, 4.69) is 4.90 Å². The number of hydrogen-bond acceptors (Lipinski definition) is 5. The fourth-order valence-electron chi connectivity index (χ4n) is 1.37. The maximum absolute atomic E-state index is 9.65. The molecule has 0 atom stereocenters. The highest BCUT2D eigenvalue weighted by molar-refractivity contribution is 6.51. The molecule has 0 amide bonds. The standard InChI is InChI=1S/C6H13NO4Si/c8-12-9-4-1-7(2-5-10-12)3-6-11-12/h8H,1-6H2. The molecule has 3 saturated heterocycles. The zero-order valence-electron chi connectivity index (χ0n) is 6.86. The van der Waals surface area contributed by atoms with Crippen LogP contribution in [0.25, 0.3) is 0 Å². The lowest BCUT2D eigenvalue weighted by Gasteiger charge is -2.34. The summed E-state index contributed by atoms with van der Waals surface area (Å²) in [6, 6.07) is 0. The Labute approximate surface area is 72.3 Å². The van der Waals surface area contributed by atoms with Crippen LogP contribution in [-0.2, 0) is 13.3 Å². The van der Waals surface area contributed by atoms with E-state index in [0.717, 1.165) is 19.6 Å². The normalized spacial score (nSPS) is 43.2. The Bertz CT molecular complexity index is 141. The van der Waals surface area contributed by atoms with Gasteiger partial charge in [-0.1, -0.05) is 0 Å². The topological polar surface area (TPSA) is 51.2 Å². The molecule has 0 aliphatic carbocycles. The monoisotopic (exact) mass is 191 g/mol. The summed E-state index contributed by atoms with van der Waals surface area (Å²) >= 11 is 0. The average Bonchev–Trinajstić information content (AvgIpc) is 1.93. The van der Waals surface area contributed by atoms with E-state index >= 15 is 0 Å². The van der Waals surface area contributed by atoms with Crippen molar-refractivity contribution in [3.63, 3.8) is 0 Å². The van der Waals surface area contributed by atoms with Crippen LogP contribution in [0, 0.1) is 0 Å². The van der Waals surface area contributed by atoms with Gasteiger partial charge in [0.15, 0.2) is 0 Å². The van der Waals surface area contributed by atoms with Gasteiger partial charge in [0, 0.05) is 19.6 Å². The van der Waals surface area contributed by atoms with Gasteiger partial charge in [-0.25, -0.2) is 0 Å². The van der Waals surface area contributed by atoms with Gasteiger partial charge in [-0.3, -0.25) is 4.90 Å². The largest absolute Gasteiger partial charge is 0.677 e. The molecule has 0 unspecified atom stereocenters. The zero-order chi connectivity index (χ0) is 8.44. The first-order chi connectivity index (χ1) is 5.79. The molecule has 3 fully saturated rings. The van der Waals surface area contributed by atoms with Gasteiger partial charge in [0.05, 0.1) is 19.8 Å². The Hall–Kier alpha value is 0.0169. The molecule has 0 spiro atoms. The molecule has 1 N–H and O–H groups in total. The van der Waals surface area contributed by atoms with Gasteiger partial charge in [-0.2, -0.15) is 0 Å². The molecule has 0 saturated carbocycles. The molecule has 3 rings (SSSR count). The van der Waals surface area contributed by atoms with E-state index in [0.29, 0.717) is 19.8 Å². The Morgan fingerprint density at radius 2 is 1.33 bits per heavy atom. The lowest BCUT2D eigenvalue weighted by atomic mass is 10.4. The first kappa shape index (κ1) is 8.61. The van der Waals surface area contributed by atoms with Gasteiger partial charge in [0.2, 0.25) is 0 Å². The molecule has 5 nitrogen and oxygen atoms in total. The highest BCUT2D eigenvalue weighted by Gasteiger charge is 2.43. The average molecular weight is 191 g/mol. The summed E-state index contributed by atoms with van der Waals surface area (Å²) in [7, 11) is -3.21. The zero-order valence-corrected chi connectivity index (χ0v) is 7.86. The molecule has 0 aromatic rings. The Balaban J connectivity index is 2.06. The van der Waals surface area contributed by atoms with Crippen molar-refractivity contribution in [1.29, 1.82) is 0 Å². The Morgan fingerprint density at radius 1 is 0.917 bits per heavy atom. The highest BCUT2D eigenvalue weighted by atomic mass is 28.4. The third-order valence-corrected chi connectivity index (χ3v) is 3.78. The minimum absolute atomic E-state index is 0.503. The van der Waals surface area contributed by atoms with E-state index in [-0.39, 0.29) is 0 Å². The number of nitrogens with zero attached hydrogens (tertiary/aromatic N) is 1. The van der Waals surface area contributed by atoms with Crippen LogP contribution in [0.1, 0.15) is 0 Å². The molecule has 0 aromatic heterocycles. The third kappa shape index (κ3) is 1.84. The molecule has 6 heteroatoms. The molecular formula is C6H13NO4Si. The van der Waals surface area contributed by atoms with Crippen LogP contribution >= 0.6 is 0 Å². The number of rotatable bonds is 0. The van der Waals surface area contributed by atoms with Crippen LogP contribution in [0.15, 0.2) is 0 Å². The molecule has 0 aromatic carbocycles. The lowest BCUT2D eigenvalue weighted by Crippen LogP contribution is -2.55. The maximum Gasteiger partial charge on any atom is 0.677 e. The van der Waals surface area contributed by atoms with Crippen LogP contribution in [0.5, 0.6) is 0 Å². The fourth-order valence-corrected chi connectivity index (χ4v) is 2.67. The minimum Gasteiger partial charge on any atom is -0.367 e. The predicted molar refractivity (Wildman–Crippen MR) is 42.3 cm³/mol. The van der Waals surface area contributed by atoms with Gasteiger partial charge in [0.25, 0.3) is 0 Å². The minimum atomic E-state index is -3.21. The smallest absolute Gasteiger partial charge is 0.367 e. The molecular weight excluding hydrogens is 178 g/mol. The SMILES string of the molecule is O[Si]12OCCN(CCO1)CCO2. The van der Waals surface area contributed by atoms with E-state index < -0.39 is 9.05 Å². The van der Waals surface area contributed by atoms with Crippen molar-refractivity contribution >= 4 is 9.05 Å². The summed E-state index contributed by atoms with van der Waals surface area (Å²) in [6.45, 7) is 4.10. The number of fused-ring (bicyclic) bond motifs is 6. The maximum atomic E-state index is 9.65. The molecule has 3 heterocycles. The van der Waals surface area contributed by atoms with Gasteiger partial charge in [-0.05, 0) is 0 Å². The quantitative estimate of drug-likeness (QED) is 0.487. The second kappa shape index (κ2) is 3.41. The van der Waals surface area contributed by atoms with Crippen molar-refractivity contribution < 1.29 is 18.1 Å². The van der Waals surface area contributed by atoms with E-state index in [1.54, 1.807) is 0 Å². The van der Waals surface area contributed by atoms with Crippen molar-refractivity contribution in [2.75, 3.05) is 39.5 Å². The molecule has 3 aliphatic rings. The molecule has 0 radical (unpaired) electrons. The van der Waals surface area contributed by atoms with E-state index in [4.69, 9.17) is 13.3 Å². The van der Waals surface area contributed by atoms with Gasteiger partial charge in [0.1, 0.15) is 0 Å². The second-order valence-corrected chi connectivity index (χ2v) is 4.82. The van der Waals surface area contributed by atoms with Gasteiger partial charge < -0.3 is 18.1 Å². The second-order valence-electron chi connectivity index (χ2n) is 2.91. The third-order valence-electron chi connectivity index (χ3n) is 2.08. The van der Waals surface area contributed by atoms with E-state index in [9.17, 15) is 4.80 Å². The van der Waals surface area contributed by atoms with Crippen LogP contribution in [0.3, 0.4) is 0 Å². The van der Waals surface area contributed by atoms with E-state index in [1.165, 1.54) is 0 Å². The molecule has 3 aliphatic heterocycles. The Kier molecular flexibility index (Phi) is 2.44. The lowest BCUT2D eigenvalue weighted by molar-refractivity contribution is -0.0557. The first-order valence-electron chi connectivity index (χ1n) is 4.15. The van der Waals surface area contributed by atoms with Crippen molar-refractivity contribution in [3.8, 4) is 0 Å². The first-order valence-corrected chi connectivity index (χ1v) is 5.82. The summed E-state index contributed by atoms with van der Waals surface area (Å²) in [5.41, 5.74) is 0. The summed E-state index contributed by atoms with van der Waals surface area (Å²) in [5, 5.41) is 0. The van der Waals surface area contributed by atoms with Crippen LogP contribution in [0.4, 0.5) is 0 Å².